The number of halogens is 3. The van der Waals surface area contributed by atoms with Crippen molar-refractivity contribution in [1.29, 1.82) is 5.26 Å². The lowest BCUT2D eigenvalue weighted by Gasteiger charge is -2.15. The summed E-state index contributed by atoms with van der Waals surface area (Å²) in [5.41, 5.74) is 2.36. The number of fused-ring (bicyclic) bond motifs is 2. The van der Waals surface area contributed by atoms with Gasteiger partial charge in [-0.1, -0.05) is 23.2 Å². The Kier molecular flexibility index (Phi) is 6.24. The van der Waals surface area contributed by atoms with E-state index in [9.17, 15) is 5.26 Å². The molecular weight excluding hydrogens is 457 g/mol. The minimum Gasteiger partial charge on any atom is -0.493 e. The van der Waals surface area contributed by atoms with Crippen LogP contribution in [0.15, 0.2) is 48.7 Å². The second kappa shape index (κ2) is 9.07. The van der Waals surface area contributed by atoms with Crippen molar-refractivity contribution >= 4 is 67.9 Å². The van der Waals surface area contributed by atoms with Crippen molar-refractivity contribution in [2.75, 3.05) is 24.9 Å². The van der Waals surface area contributed by atoms with Gasteiger partial charge in [-0.25, -0.2) is 0 Å². The minimum atomic E-state index is 0.360. The normalized spacial score (nSPS) is 10.8. The molecule has 31 heavy (non-hydrogen) atoms. The number of alkyl halides is 1. The summed E-state index contributed by atoms with van der Waals surface area (Å²) in [6, 6.07) is 15.0. The molecule has 0 saturated heterocycles. The molecule has 1 N–H and O–H groups in total. The van der Waals surface area contributed by atoms with E-state index in [0.29, 0.717) is 51.0 Å². The number of hydrogen-bond donors (Lipinski definition) is 1. The Hall–Kier alpha value is -2.91. The van der Waals surface area contributed by atoms with E-state index in [4.69, 9.17) is 44.3 Å². The molecule has 4 rings (SSSR count). The van der Waals surface area contributed by atoms with E-state index < -0.39 is 0 Å². The highest BCUT2D eigenvalue weighted by Gasteiger charge is 2.14. The highest BCUT2D eigenvalue weighted by atomic mass is 35.5. The van der Waals surface area contributed by atoms with E-state index in [0.717, 1.165) is 21.7 Å². The van der Waals surface area contributed by atoms with E-state index in [1.807, 2.05) is 24.3 Å². The smallest absolute Gasteiger partial charge is 0.161 e. The van der Waals surface area contributed by atoms with Gasteiger partial charge in [-0.05, 0) is 53.2 Å². The zero-order valence-corrected chi connectivity index (χ0v) is 18.6. The Morgan fingerprint density at radius 3 is 2.55 bits per heavy atom. The third kappa shape index (κ3) is 4.28. The Balaban J connectivity index is 1.91. The SMILES string of the molecule is COc1cc2cc3ncc(C#N)c(Nc4ccc(Cl)cc4Cl)c3cc2cc1OCCCl. The Bertz CT molecular complexity index is 1340. The van der Waals surface area contributed by atoms with Crippen LogP contribution in [0.5, 0.6) is 11.5 Å². The van der Waals surface area contributed by atoms with Gasteiger partial charge in [-0.15, -0.1) is 11.6 Å². The monoisotopic (exact) mass is 471 g/mol. The van der Waals surface area contributed by atoms with Gasteiger partial charge in [0.1, 0.15) is 12.7 Å². The molecule has 0 aliphatic rings. The zero-order chi connectivity index (χ0) is 22.0. The second-order valence-electron chi connectivity index (χ2n) is 6.66. The first-order valence-electron chi connectivity index (χ1n) is 9.29. The minimum absolute atomic E-state index is 0.360. The molecular formula is C23H16Cl3N3O2. The molecule has 156 valence electrons. The summed E-state index contributed by atoms with van der Waals surface area (Å²) in [4.78, 5) is 4.46. The molecule has 1 heterocycles. The summed E-state index contributed by atoms with van der Waals surface area (Å²) in [7, 11) is 1.59. The van der Waals surface area contributed by atoms with Crippen molar-refractivity contribution in [2.45, 2.75) is 0 Å². The average Bonchev–Trinajstić information content (AvgIpc) is 2.77. The largest absolute Gasteiger partial charge is 0.493 e. The van der Waals surface area contributed by atoms with E-state index in [1.54, 1.807) is 25.3 Å². The van der Waals surface area contributed by atoms with Crippen LogP contribution >= 0.6 is 34.8 Å². The van der Waals surface area contributed by atoms with Gasteiger partial charge < -0.3 is 14.8 Å². The molecule has 8 heteroatoms. The molecule has 0 spiro atoms. The van der Waals surface area contributed by atoms with Crippen LogP contribution in [-0.2, 0) is 0 Å². The summed E-state index contributed by atoms with van der Waals surface area (Å²) in [5, 5.41) is 16.5. The van der Waals surface area contributed by atoms with Gasteiger partial charge in [0.05, 0.1) is 40.5 Å². The van der Waals surface area contributed by atoms with Gasteiger partial charge in [0.25, 0.3) is 0 Å². The highest BCUT2D eigenvalue weighted by molar-refractivity contribution is 6.36. The van der Waals surface area contributed by atoms with E-state index in [-0.39, 0.29) is 0 Å². The molecule has 3 aromatic carbocycles. The predicted octanol–water partition coefficient (Wildman–Crippen LogP) is 6.94. The molecule has 0 bridgehead atoms. The molecule has 5 nitrogen and oxygen atoms in total. The van der Waals surface area contributed by atoms with Crippen LogP contribution in [0.3, 0.4) is 0 Å². The number of hydrogen-bond acceptors (Lipinski definition) is 5. The van der Waals surface area contributed by atoms with Crippen molar-refractivity contribution in [1.82, 2.24) is 4.98 Å². The lowest BCUT2D eigenvalue weighted by atomic mass is 10.0. The number of methoxy groups -OCH3 is 1. The number of nitrogens with zero attached hydrogens (tertiary/aromatic N) is 2. The number of anilines is 2. The summed E-state index contributed by atoms with van der Waals surface area (Å²) >= 11 is 18.1. The van der Waals surface area contributed by atoms with Crippen LogP contribution in [0.25, 0.3) is 21.7 Å². The molecule has 0 saturated carbocycles. The van der Waals surface area contributed by atoms with Crippen LogP contribution < -0.4 is 14.8 Å². The molecule has 0 fully saturated rings. The first-order valence-corrected chi connectivity index (χ1v) is 10.6. The van der Waals surface area contributed by atoms with Gasteiger partial charge in [0.2, 0.25) is 0 Å². The molecule has 0 atom stereocenters. The first kappa shape index (κ1) is 21.3. The lowest BCUT2D eigenvalue weighted by Crippen LogP contribution is -2.00. The maximum atomic E-state index is 9.66. The molecule has 0 aliphatic carbocycles. The fourth-order valence-corrected chi connectivity index (χ4v) is 3.85. The number of rotatable bonds is 6. The number of aromatic nitrogens is 1. The third-order valence-corrected chi connectivity index (χ3v) is 5.46. The molecule has 0 amide bonds. The van der Waals surface area contributed by atoms with Crippen molar-refractivity contribution in [3.8, 4) is 17.6 Å². The van der Waals surface area contributed by atoms with Gasteiger partial charge >= 0.3 is 0 Å². The van der Waals surface area contributed by atoms with Gasteiger partial charge in [0.15, 0.2) is 11.5 Å². The van der Waals surface area contributed by atoms with Crippen LogP contribution in [0.4, 0.5) is 11.4 Å². The molecule has 0 radical (unpaired) electrons. The second-order valence-corrected chi connectivity index (χ2v) is 7.89. The molecule has 0 aliphatic heterocycles. The van der Waals surface area contributed by atoms with E-state index >= 15 is 0 Å². The Labute approximate surface area is 194 Å². The number of pyridine rings is 1. The summed E-state index contributed by atoms with van der Waals surface area (Å²) < 4.78 is 11.2. The number of nitrogens with one attached hydrogen (secondary N) is 1. The van der Waals surface area contributed by atoms with Crippen LogP contribution in [0.2, 0.25) is 10.0 Å². The van der Waals surface area contributed by atoms with Crippen molar-refractivity contribution < 1.29 is 9.47 Å². The average molecular weight is 473 g/mol. The van der Waals surface area contributed by atoms with E-state index in [1.165, 1.54) is 6.20 Å². The summed E-state index contributed by atoms with van der Waals surface area (Å²) in [5.74, 6) is 1.57. The maximum absolute atomic E-state index is 9.66. The zero-order valence-electron chi connectivity index (χ0n) is 16.4. The van der Waals surface area contributed by atoms with Crippen LogP contribution in [-0.4, -0.2) is 24.6 Å². The predicted molar refractivity (Wildman–Crippen MR) is 126 cm³/mol. The highest BCUT2D eigenvalue weighted by Crippen LogP contribution is 2.38. The van der Waals surface area contributed by atoms with E-state index in [2.05, 4.69) is 16.4 Å². The summed E-state index contributed by atoms with van der Waals surface area (Å²) in [6.45, 7) is 0.360. The first-order chi connectivity index (χ1) is 15.0. The van der Waals surface area contributed by atoms with Crippen molar-refractivity contribution in [2.24, 2.45) is 0 Å². The van der Waals surface area contributed by atoms with Gasteiger partial charge in [-0.2, -0.15) is 5.26 Å². The quantitative estimate of drug-likeness (QED) is 0.243. The van der Waals surface area contributed by atoms with Crippen LogP contribution in [0, 0.1) is 11.3 Å². The molecule has 0 unspecified atom stereocenters. The van der Waals surface area contributed by atoms with Gasteiger partial charge in [-0.3, -0.25) is 4.98 Å². The van der Waals surface area contributed by atoms with Crippen molar-refractivity contribution in [3.63, 3.8) is 0 Å². The fraction of sp³-hybridized carbons (Fsp3) is 0.130. The number of nitriles is 1. The number of benzene rings is 3. The summed E-state index contributed by atoms with van der Waals surface area (Å²) in [6.07, 6.45) is 1.54. The van der Waals surface area contributed by atoms with Gasteiger partial charge in [0, 0.05) is 16.6 Å². The topological polar surface area (TPSA) is 67.2 Å². The Morgan fingerprint density at radius 2 is 1.84 bits per heavy atom. The van der Waals surface area contributed by atoms with Crippen LogP contribution in [0.1, 0.15) is 5.56 Å². The Morgan fingerprint density at radius 1 is 1.06 bits per heavy atom. The lowest BCUT2D eigenvalue weighted by molar-refractivity contribution is 0.313. The third-order valence-electron chi connectivity index (χ3n) is 4.75. The maximum Gasteiger partial charge on any atom is 0.161 e. The van der Waals surface area contributed by atoms with Crippen molar-refractivity contribution in [3.05, 3.63) is 64.3 Å². The number of ether oxygens (including phenoxy) is 2. The standard InChI is InChI=1S/C23H16Cl3N3O2/c1-30-21-8-14-7-20-17(6-13(14)9-22(21)31-5-4-24)23(15(11-27)12-28-20)29-19-3-2-16(25)10-18(19)26/h2-3,6-10,12H,4-5H2,1H3,(H,28,29). The molecule has 1 aromatic heterocycles. The fourth-order valence-electron chi connectivity index (χ4n) is 3.31. The molecule has 4 aromatic rings.